The maximum atomic E-state index is 4.56. The molecule has 4 aromatic carbocycles. The largest absolute Gasteiger partial charge is 0.281 e. The van der Waals surface area contributed by atoms with Gasteiger partial charge in [-0.15, -0.1) is 10.2 Å². The molecule has 34 heavy (non-hydrogen) atoms. The van der Waals surface area contributed by atoms with Gasteiger partial charge in [0.1, 0.15) is 0 Å². The summed E-state index contributed by atoms with van der Waals surface area (Å²) in [6.07, 6.45) is 2.18. The first kappa shape index (κ1) is 21.6. The van der Waals surface area contributed by atoms with E-state index in [1.807, 2.05) is 19.9 Å². The van der Waals surface area contributed by atoms with E-state index in [-0.39, 0.29) is 0 Å². The first-order valence-corrected chi connectivity index (χ1v) is 11.8. The van der Waals surface area contributed by atoms with Crippen LogP contribution in [0, 0.1) is 6.92 Å². The maximum absolute atomic E-state index is 4.56. The van der Waals surface area contributed by atoms with Crippen LogP contribution in [0.5, 0.6) is 0 Å². The molecular formula is C31H27N3. The van der Waals surface area contributed by atoms with Gasteiger partial charge < -0.3 is 0 Å². The lowest BCUT2D eigenvalue weighted by Crippen LogP contribution is -1.94. The molecular weight excluding hydrogens is 414 g/mol. The molecule has 0 N–H and O–H groups in total. The van der Waals surface area contributed by atoms with E-state index in [4.69, 9.17) is 0 Å². The molecule has 0 radical (unpaired) electrons. The molecule has 3 heteroatoms. The van der Waals surface area contributed by atoms with Gasteiger partial charge in [0.15, 0.2) is 11.5 Å². The fourth-order valence-corrected chi connectivity index (χ4v) is 4.34. The Morgan fingerprint density at radius 1 is 0.559 bits per heavy atom. The molecule has 0 aliphatic carbocycles. The predicted molar refractivity (Wildman–Crippen MR) is 143 cm³/mol. The van der Waals surface area contributed by atoms with Gasteiger partial charge in [-0.05, 0) is 35.1 Å². The molecule has 0 aliphatic heterocycles. The van der Waals surface area contributed by atoms with Crippen LogP contribution < -0.4 is 0 Å². The lowest BCUT2D eigenvalue weighted by atomic mass is 9.96. The van der Waals surface area contributed by atoms with Gasteiger partial charge >= 0.3 is 0 Å². The summed E-state index contributed by atoms with van der Waals surface area (Å²) < 4.78 is 2.12. The highest BCUT2D eigenvalue weighted by Crippen LogP contribution is 2.34. The van der Waals surface area contributed by atoms with Crippen LogP contribution in [-0.4, -0.2) is 14.6 Å². The molecule has 0 aliphatic rings. The second kappa shape index (κ2) is 9.32. The van der Waals surface area contributed by atoms with Crippen molar-refractivity contribution in [2.75, 3.05) is 0 Å². The number of aryl methyl sites for hydroxylation is 1. The van der Waals surface area contributed by atoms with Crippen LogP contribution in [0.4, 0.5) is 0 Å². The van der Waals surface area contributed by atoms with Crippen molar-refractivity contribution in [3.63, 3.8) is 0 Å². The highest BCUT2D eigenvalue weighted by molar-refractivity contribution is 6.04. The second-order valence-corrected chi connectivity index (χ2v) is 8.12. The quantitative estimate of drug-likeness (QED) is 0.277. The van der Waals surface area contributed by atoms with E-state index in [1.165, 1.54) is 33.2 Å². The third-order valence-corrected chi connectivity index (χ3v) is 6.00. The molecule has 0 bridgehead atoms. The SMILES string of the molecule is CC.Cc1ccc(-c2nnc3c4ccccc4c(-c4cccc(-c5ccccc5)c4)cn23)cc1. The molecule has 0 saturated heterocycles. The van der Waals surface area contributed by atoms with Crippen LogP contribution in [0.2, 0.25) is 0 Å². The zero-order valence-electron chi connectivity index (χ0n) is 19.7. The van der Waals surface area contributed by atoms with Crippen molar-refractivity contribution < 1.29 is 0 Å². The summed E-state index contributed by atoms with van der Waals surface area (Å²) >= 11 is 0. The minimum Gasteiger partial charge on any atom is -0.281 e. The van der Waals surface area contributed by atoms with E-state index in [1.54, 1.807) is 0 Å². The molecule has 0 unspecified atom stereocenters. The average Bonchev–Trinajstić information content (AvgIpc) is 3.35. The number of rotatable bonds is 3. The average molecular weight is 442 g/mol. The summed E-state index contributed by atoms with van der Waals surface area (Å²) in [6, 6.07) is 36.1. The lowest BCUT2D eigenvalue weighted by Gasteiger charge is -2.12. The van der Waals surface area contributed by atoms with Gasteiger partial charge in [0.05, 0.1) is 0 Å². The van der Waals surface area contributed by atoms with Crippen molar-refractivity contribution in [1.29, 1.82) is 0 Å². The molecule has 0 spiro atoms. The van der Waals surface area contributed by atoms with Gasteiger partial charge in [0.25, 0.3) is 0 Å². The first-order chi connectivity index (χ1) is 16.8. The smallest absolute Gasteiger partial charge is 0.169 e. The van der Waals surface area contributed by atoms with E-state index < -0.39 is 0 Å². The Bertz CT molecular complexity index is 1560. The molecule has 2 aromatic heterocycles. The maximum Gasteiger partial charge on any atom is 0.169 e. The molecule has 0 amide bonds. The van der Waals surface area contributed by atoms with Gasteiger partial charge in [-0.3, -0.25) is 4.40 Å². The number of benzene rings is 4. The summed E-state index contributed by atoms with van der Waals surface area (Å²) in [5.41, 5.74) is 7.92. The Hall–Kier alpha value is -4.24. The van der Waals surface area contributed by atoms with Crippen molar-refractivity contribution in [2.24, 2.45) is 0 Å². The molecule has 166 valence electrons. The Kier molecular flexibility index (Phi) is 5.92. The number of nitrogens with zero attached hydrogens (tertiary/aromatic N) is 3. The standard InChI is InChI=1S/C29H21N3.C2H6/c1-20-14-16-22(17-15-20)28-30-31-29-26-13-6-5-12-25(26)27(19-32(28)29)24-11-7-10-23(18-24)21-8-3-2-4-9-21;1-2/h2-19H,1H3;1-2H3. The van der Waals surface area contributed by atoms with Crippen LogP contribution in [0.15, 0.2) is 109 Å². The predicted octanol–water partition coefficient (Wildman–Crippen LogP) is 8.22. The van der Waals surface area contributed by atoms with Crippen LogP contribution in [0.25, 0.3) is 50.1 Å². The fraction of sp³-hybridized carbons (Fsp3) is 0.0968. The van der Waals surface area contributed by atoms with Gasteiger partial charge in [-0.1, -0.05) is 116 Å². The number of aromatic nitrogens is 3. The van der Waals surface area contributed by atoms with Gasteiger partial charge in [0, 0.05) is 22.7 Å². The Labute approximate surface area is 200 Å². The minimum absolute atomic E-state index is 0.853. The highest BCUT2D eigenvalue weighted by Gasteiger charge is 2.15. The van der Waals surface area contributed by atoms with Gasteiger partial charge in [-0.25, -0.2) is 0 Å². The second-order valence-electron chi connectivity index (χ2n) is 8.12. The summed E-state index contributed by atoms with van der Waals surface area (Å²) in [7, 11) is 0. The molecule has 6 rings (SSSR count). The van der Waals surface area contributed by atoms with Crippen molar-refractivity contribution in [3.8, 4) is 33.6 Å². The van der Waals surface area contributed by atoms with E-state index >= 15 is 0 Å². The van der Waals surface area contributed by atoms with Crippen LogP contribution in [0.1, 0.15) is 19.4 Å². The van der Waals surface area contributed by atoms with Crippen LogP contribution >= 0.6 is 0 Å². The third-order valence-electron chi connectivity index (χ3n) is 6.00. The van der Waals surface area contributed by atoms with E-state index in [0.29, 0.717) is 0 Å². The molecule has 0 fully saturated rings. The van der Waals surface area contributed by atoms with E-state index in [2.05, 4.69) is 125 Å². The zero-order valence-corrected chi connectivity index (χ0v) is 19.7. The lowest BCUT2D eigenvalue weighted by molar-refractivity contribution is 1.11. The minimum atomic E-state index is 0.853. The summed E-state index contributed by atoms with van der Waals surface area (Å²) in [5.74, 6) is 0.853. The molecule has 3 nitrogen and oxygen atoms in total. The van der Waals surface area contributed by atoms with Crippen molar-refractivity contribution in [1.82, 2.24) is 14.6 Å². The third kappa shape index (κ3) is 3.86. The highest BCUT2D eigenvalue weighted by atomic mass is 15.2. The summed E-state index contributed by atoms with van der Waals surface area (Å²) in [6.45, 7) is 6.09. The van der Waals surface area contributed by atoms with E-state index in [0.717, 1.165) is 22.4 Å². The Balaban J connectivity index is 0.00000117. The van der Waals surface area contributed by atoms with Crippen molar-refractivity contribution in [2.45, 2.75) is 20.8 Å². The van der Waals surface area contributed by atoms with Crippen molar-refractivity contribution in [3.05, 3.63) is 115 Å². The molecule has 2 heterocycles. The molecule has 0 saturated carbocycles. The van der Waals surface area contributed by atoms with E-state index in [9.17, 15) is 0 Å². The first-order valence-electron chi connectivity index (χ1n) is 11.8. The Morgan fingerprint density at radius 3 is 1.97 bits per heavy atom. The number of pyridine rings is 1. The summed E-state index contributed by atoms with van der Waals surface area (Å²) in [5, 5.41) is 11.4. The number of fused-ring (bicyclic) bond motifs is 3. The topological polar surface area (TPSA) is 30.2 Å². The Morgan fingerprint density at radius 2 is 1.21 bits per heavy atom. The monoisotopic (exact) mass is 441 g/mol. The van der Waals surface area contributed by atoms with Crippen molar-refractivity contribution >= 4 is 16.4 Å². The zero-order chi connectivity index (χ0) is 23.5. The van der Waals surface area contributed by atoms with Crippen LogP contribution in [0.3, 0.4) is 0 Å². The normalized spacial score (nSPS) is 10.8. The molecule has 6 aromatic rings. The number of hydrogen-bond donors (Lipinski definition) is 0. The van der Waals surface area contributed by atoms with Crippen LogP contribution in [-0.2, 0) is 0 Å². The molecule has 0 atom stereocenters. The fourth-order valence-electron chi connectivity index (χ4n) is 4.34. The summed E-state index contributed by atoms with van der Waals surface area (Å²) in [4.78, 5) is 0. The van der Waals surface area contributed by atoms with Gasteiger partial charge in [0.2, 0.25) is 0 Å². The van der Waals surface area contributed by atoms with Gasteiger partial charge in [-0.2, -0.15) is 0 Å². The number of hydrogen-bond acceptors (Lipinski definition) is 2.